The van der Waals surface area contributed by atoms with Crippen LogP contribution in [0.25, 0.3) is 43.6 Å². The molecule has 0 aliphatic rings. The third-order valence-electron chi connectivity index (χ3n) is 8.52. The minimum absolute atomic E-state index is 0. The lowest BCUT2D eigenvalue weighted by Gasteiger charge is -2.11. The van der Waals surface area contributed by atoms with Crippen molar-refractivity contribution in [3.63, 3.8) is 0 Å². The van der Waals surface area contributed by atoms with E-state index >= 15 is 0 Å². The second-order valence-electron chi connectivity index (χ2n) is 11.4. The molecular weight excluding hydrogens is 552 g/mol. The van der Waals surface area contributed by atoms with E-state index < -0.39 is 0 Å². The van der Waals surface area contributed by atoms with Gasteiger partial charge in [0.25, 0.3) is 0 Å². The summed E-state index contributed by atoms with van der Waals surface area (Å²) < 4.78 is 4.97. The van der Waals surface area contributed by atoms with E-state index in [1.54, 1.807) is 0 Å². The van der Waals surface area contributed by atoms with Crippen molar-refractivity contribution in [2.75, 3.05) is 13.1 Å². The number of pyridine rings is 2. The first-order chi connectivity index (χ1) is 20.8. The van der Waals surface area contributed by atoms with E-state index in [0.717, 1.165) is 63.5 Å². The van der Waals surface area contributed by atoms with Crippen molar-refractivity contribution in [1.82, 2.24) is 29.7 Å². The van der Waals surface area contributed by atoms with Crippen LogP contribution in [0.4, 0.5) is 0 Å². The molecule has 0 saturated heterocycles. The molecule has 0 spiro atoms. The van der Waals surface area contributed by atoms with Crippen molar-refractivity contribution in [3.05, 3.63) is 84.4 Å². The van der Waals surface area contributed by atoms with Gasteiger partial charge in [-0.1, -0.05) is 63.1 Å². The van der Waals surface area contributed by atoms with Crippen molar-refractivity contribution < 1.29 is 0 Å². The van der Waals surface area contributed by atoms with Crippen molar-refractivity contribution in [2.24, 2.45) is 0 Å². The van der Waals surface area contributed by atoms with Crippen LogP contribution in [0.3, 0.4) is 0 Å². The highest BCUT2D eigenvalue weighted by Gasteiger charge is 2.15. The summed E-state index contributed by atoms with van der Waals surface area (Å²) in [6.45, 7) is 10.1. The molecule has 6 aromatic rings. The van der Waals surface area contributed by atoms with Crippen LogP contribution in [-0.2, 0) is 26.2 Å². The van der Waals surface area contributed by atoms with Gasteiger partial charge in [-0.25, -0.2) is 0 Å². The van der Waals surface area contributed by atoms with Gasteiger partial charge in [0.15, 0.2) is 0 Å². The molecule has 4 aromatic heterocycles. The van der Waals surface area contributed by atoms with E-state index in [2.05, 4.69) is 94.3 Å². The molecule has 2 aromatic carbocycles. The molecule has 7 heteroatoms. The van der Waals surface area contributed by atoms with E-state index in [1.807, 2.05) is 12.4 Å². The lowest BCUT2D eigenvalue weighted by atomic mass is 10.1. The molecule has 0 atom stereocenters. The molecule has 0 bridgehead atoms. The predicted octanol–water partition coefficient (Wildman–Crippen LogP) is 8.37. The van der Waals surface area contributed by atoms with Crippen LogP contribution >= 0.6 is 12.4 Å². The topological polar surface area (TPSA) is 59.7 Å². The van der Waals surface area contributed by atoms with Crippen LogP contribution < -0.4 is 10.6 Å². The number of fused-ring (bicyclic) bond motifs is 6. The van der Waals surface area contributed by atoms with Crippen molar-refractivity contribution in [1.29, 1.82) is 0 Å². The molecule has 2 N–H and O–H groups in total. The fourth-order valence-corrected chi connectivity index (χ4v) is 6.42. The summed E-state index contributed by atoms with van der Waals surface area (Å²) in [7, 11) is 0. The fourth-order valence-electron chi connectivity index (χ4n) is 6.42. The van der Waals surface area contributed by atoms with Crippen LogP contribution in [-0.4, -0.2) is 32.2 Å². The summed E-state index contributed by atoms with van der Waals surface area (Å²) >= 11 is 0. The Morgan fingerprint density at radius 2 is 1.00 bits per heavy atom. The molecule has 6 rings (SSSR count). The Balaban J connectivity index is 0.00000368. The summed E-state index contributed by atoms with van der Waals surface area (Å²) in [5, 5.41) is 12.6. The van der Waals surface area contributed by atoms with Gasteiger partial charge in [0.05, 0.1) is 22.4 Å². The first-order valence-corrected chi connectivity index (χ1v) is 15.9. The monoisotopic (exact) mass is 596 g/mol. The summed E-state index contributed by atoms with van der Waals surface area (Å²) in [5.41, 5.74) is 7.51. The van der Waals surface area contributed by atoms with Gasteiger partial charge in [0, 0.05) is 71.2 Å². The maximum absolute atomic E-state index is 4.81. The Kier molecular flexibility index (Phi) is 10.7. The fraction of sp³-hybridized carbons (Fsp3) is 0.389. The van der Waals surface area contributed by atoms with Gasteiger partial charge in [-0.15, -0.1) is 12.4 Å². The van der Waals surface area contributed by atoms with Crippen LogP contribution in [0.5, 0.6) is 0 Å². The van der Waals surface area contributed by atoms with Gasteiger partial charge in [-0.3, -0.25) is 9.97 Å². The number of para-hydroxylation sites is 2. The number of rotatable bonds is 15. The zero-order valence-corrected chi connectivity index (χ0v) is 26.4. The lowest BCUT2D eigenvalue weighted by molar-refractivity contribution is 0.575. The lowest BCUT2D eigenvalue weighted by Crippen LogP contribution is -2.20. The Morgan fingerprint density at radius 3 is 1.44 bits per heavy atom. The second-order valence-corrected chi connectivity index (χ2v) is 11.4. The van der Waals surface area contributed by atoms with Gasteiger partial charge in [0.1, 0.15) is 0 Å². The summed E-state index contributed by atoms with van der Waals surface area (Å²) in [6.07, 6.45) is 10.9. The third-order valence-corrected chi connectivity index (χ3v) is 8.52. The van der Waals surface area contributed by atoms with Crippen molar-refractivity contribution in [3.8, 4) is 0 Å². The predicted molar refractivity (Wildman–Crippen MR) is 184 cm³/mol. The van der Waals surface area contributed by atoms with Crippen LogP contribution in [0.15, 0.2) is 73.1 Å². The summed E-state index contributed by atoms with van der Waals surface area (Å²) in [6, 6.07) is 21.9. The maximum Gasteiger partial charge on any atom is 0.0784 e. The molecule has 6 nitrogen and oxygen atoms in total. The Labute approximate surface area is 261 Å². The number of unbranched alkanes of at least 4 members (excludes halogenated alkanes) is 3. The minimum Gasteiger partial charge on any atom is -0.339 e. The van der Waals surface area contributed by atoms with E-state index in [4.69, 9.17) is 9.97 Å². The number of hydrogen-bond donors (Lipinski definition) is 2. The molecule has 226 valence electrons. The molecule has 4 heterocycles. The molecule has 0 fully saturated rings. The van der Waals surface area contributed by atoms with Gasteiger partial charge >= 0.3 is 0 Å². The van der Waals surface area contributed by atoms with Crippen molar-refractivity contribution >= 4 is 56.0 Å². The number of benzene rings is 2. The average Bonchev–Trinajstić information content (AvgIpc) is 3.53. The van der Waals surface area contributed by atoms with E-state index in [-0.39, 0.29) is 12.4 Å². The molecule has 0 unspecified atom stereocenters. The summed E-state index contributed by atoms with van der Waals surface area (Å²) in [5.74, 6) is 0. The molecule has 0 aliphatic heterocycles. The first-order valence-electron chi connectivity index (χ1n) is 15.9. The van der Waals surface area contributed by atoms with Gasteiger partial charge in [0.2, 0.25) is 0 Å². The standard InChI is InChI=1S/C36H44N6.ClH/c1-3-5-23-41-33-15-9-7-13-27(33)29-17-21-39-31(35(29)41)25-37-19-11-12-20-38-26-32-36-30(18-22-40-32)28-14-8-10-16-34(28)42(36)24-6-4-2;/h7-10,13-18,21-22,37-38H,3-6,11-12,19-20,23-26H2,1-2H3;1H. The van der Waals surface area contributed by atoms with Gasteiger partial charge in [-0.05, 0) is 63.0 Å². The largest absolute Gasteiger partial charge is 0.339 e. The summed E-state index contributed by atoms with van der Waals surface area (Å²) in [4.78, 5) is 9.63. The molecule has 0 saturated carbocycles. The first kappa shape index (κ1) is 31.0. The van der Waals surface area contributed by atoms with Crippen LogP contribution in [0.1, 0.15) is 63.8 Å². The number of aromatic nitrogens is 4. The quantitative estimate of drug-likeness (QED) is 0.117. The minimum atomic E-state index is 0. The highest BCUT2D eigenvalue weighted by atomic mass is 35.5. The van der Waals surface area contributed by atoms with E-state index in [9.17, 15) is 0 Å². The molecule has 43 heavy (non-hydrogen) atoms. The smallest absolute Gasteiger partial charge is 0.0784 e. The molecular formula is C36H45ClN6. The number of nitrogens with one attached hydrogen (secondary N) is 2. The normalized spacial score (nSPS) is 11.7. The zero-order chi connectivity index (χ0) is 28.7. The van der Waals surface area contributed by atoms with Crippen LogP contribution in [0, 0.1) is 0 Å². The molecule has 0 amide bonds. The molecule has 0 aliphatic carbocycles. The maximum atomic E-state index is 4.81. The van der Waals surface area contributed by atoms with Crippen LogP contribution in [0.2, 0.25) is 0 Å². The zero-order valence-electron chi connectivity index (χ0n) is 25.6. The second kappa shape index (κ2) is 14.8. The molecule has 0 radical (unpaired) electrons. The number of nitrogens with zero attached hydrogens (tertiary/aromatic N) is 4. The Bertz CT molecular complexity index is 1650. The average molecular weight is 597 g/mol. The number of aryl methyl sites for hydroxylation is 2. The van der Waals surface area contributed by atoms with Gasteiger partial charge in [-0.2, -0.15) is 0 Å². The Hall–Kier alpha value is -3.45. The number of halogens is 1. The van der Waals surface area contributed by atoms with E-state index in [1.165, 1.54) is 69.3 Å². The van der Waals surface area contributed by atoms with Gasteiger partial charge < -0.3 is 19.8 Å². The van der Waals surface area contributed by atoms with E-state index in [0.29, 0.717) is 0 Å². The highest BCUT2D eigenvalue weighted by Crippen LogP contribution is 2.32. The SMILES string of the molecule is CCCCn1c2ccccc2c2ccnc(CNCCCCNCc3nccc4c5ccccc5n(CCCC)c34)c21.Cl. The van der Waals surface area contributed by atoms with Crippen molar-refractivity contribution in [2.45, 2.75) is 78.6 Å². The Morgan fingerprint density at radius 1 is 0.558 bits per heavy atom. The third kappa shape index (κ3) is 6.42. The number of hydrogen-bond acceptors (Lipinski definition) is 4. The highest BCUT2D eigenvalue weighted by molar-refractivity contribution is 6.09.